The Kier molecular flexibility index (Phi) is 8.88. The van der Waals surface area contributed by atoms with E-state index in [0.29, 0.717) is 7.14 Å². The minimum absolute atomic E-state index is 0.106. The molecule has 9 heteroatoms. The van der Waals surface area contributed by atoms with Crippen LogP contribution in [-0.2, 0) is 4.79 Å². The molecule has 110 valence electrons. The van der Waals surface area contributed by atoms with Crippen molar-refractivity contribution in [3.63, 3.8) is 0 Å². The number of nitrogens with zero attached hydrogens (tertiary/aromatic N) is 1. The fourth-order valence-electron chi connectivity index (χ4n) is 0.939. The van der Waals surface area contributed by atoms with E-state index in [0.717, 1.165) is 9.98 Å². The number of amides is 2. The van der Waals surface area contributed by atoms with Crippen molar-refractivity contribution in [1.82, 2.24) is 4.90 Å². The van der Waals surface area contributed by atoms with Gasteiger partial charge in [0.05, 0.1) is 11.1 Å². The maximum atomic E-state index is 11.1. The Morgan fingerprint density at radius 3 is 1.85 bits per heavy atom. The van der Waals surface area contributed by atoms with Gasteiger partial charge in [-0.2, -0.15) is 0 Å². The quantitative estimate of drug-likeness (QED) is 0.309. The molecular weight excluding hydrogens is 605 g/mol. The van der Waals surface area contributed by atoms with Crippen molar-refractivity contribution < 1.29 is 19.5 Å². The molecule has 0 unspecified atom stereocenters. The van der Waals surface area contributed by atoms with Gasteiger partial charge in [-0.25, -0.2) is 4.79 Å². The van der Waals surface area contributed by atoms with Crippen molar-refractivity contribution in [2.75, 3.05) is 14.1 Å². The molecule has 6 nitrogen and oxygen atoms in total. The Balaban J connectivity index is 0.000000621. The molecule has 2 amide bonds. The summed E-state index contributed by atoms with van der Waals surface area (Å²) < 4.78 is 2.05. The summed E-state index contributed by atoms with van der Waals surface area (Å²) in [5.74, 6) is -1.67. The average molecular weight is 616 g/mol. The second-order valence-electron chi connectivity index (χ2n) is 3.65. The minimum atomic E-state index is -1.06. The van der Waals surface area contributed by atoms with Crippen LogP contribution in [0.3, 0.4) is 0 Å². The molecule has 0 atom stereocenters. The fourth-order valence-corrected chi connectivity index (χ4v) is 3.38. The molecule has 0 aromatic heterocycles. The number of hydrogen-bond donors (Lipinski definition) is 2. The van der Waals surface area contributed by atoms with Gasteiger partial charge < -0.3 is 15.7 Å². The van der Waals surface area contributed by atoms with Crippen molar-refractivity contribution in [2.24, 2.45) is 5.73 Å². The fraction of sp³-hybridized carbons (Fsp3) is 0.182. The largest absolute Gasteiger partial charge is 0.478 e. The van der Waals surface area contributed by atoms with Crippen LogP contribution >= 0.6 is 67.8 Å². The predicted molar refractivity (Wildman–Crippen MR) is 99.8 cm³/mol. The number of carbonyl (C=O) groups is 3. The lowest BCUT2D eigenvalue weighted by atomic mass is 10.1. The van der Waals surface area contributed by atoms with Gasteiger partial charge in [-0.15, -0.1) is 0 Å². The van der Waals surface area contributed by atoms with Crippen LogP contribution in [0, 0.1) is 10.7 Å². The van der Waals surface area contributed by atoms with Gasteiger partial charge in [0.15, 0.2) is 0 Å². The molecule has 1 rings (SSSR count). The van der Waals surface area contributed by atoms with E-state index >= 15 is 0 Å². The Hall–Kier alpha value is -0.180. The van der Waals surface area contributed by atoms with Crippen LogP contribution in [0.1, 0.15) is 20.7 Å². The zero-order valence-corrected chi connectivity index (χ0v) is 17.0. The number of primary amides is 1. The van der Waals surface area contributed by atoms with Crippen molar-refractivity contribution in [2.45, 2.75) is 0 Å². The molecule has 0 saturated heterocycles. The summed E-state index contributed by atoms with van der Waals surface area (Å²) in [5.41, 5.74) is 5.51. The molecule has 3 N–H and O–H groups in total. The van der Waals surface area contributed by atoms with Gasteiger partial charge in [0, 0.05) is 24.8 Å². The van der Waals surface area contributed by atoms with E-state index in [2.05, 4.69) is 0 Å². The second-order valence-corrected chi connectivity index (χ2v) is 6.89. The highest BCUT2D eigenvalue weighted by atomic mass is 127. The van der Waals surface area contributed by atoms with E-state index < -0.39 is 11.9 Å². The van der Waals surface area contributed by atoms with Gasteiger partial charge >= 0.3 is 5.97 Å². The van der Waals surface area contributed by atoms with Crippen LogP contribution in [0.5, 0.6) is 0 Å². The lowest BCUT2D eigenvalue weighted by Gasteiger charge is -2.08. The number of hydrogen-bond acceptors (Lipinski definition) is 3. The lowest BCUT2D eigenvalue weighted by Crippen LogP contribution is -2.16. The third-order valence-corrected chi connectivity index (χ3v) is 7.24. The first-order valence-corrected chi connectivity index (χ1v) is 8.19. The normalized spacial score (nSPS) is 9.25. The summed E-state index contributed by atoms with van der Waals surface area (Å²) in [5, 5.41) is 8.92. The summed E-state index contributed by atoms with van der Waals surface area (Å²) in [7, 11) is 3.38. The van der Waals surface area contributed by atoms with Crippen molar-refractivity contribution >= 4 is 86.1 Å². The highest BCUT2D eigenvalue weighted by Gasteiger charge is 2.19. The Bertz CT molecular complexity index is 509. The van der Waals surface area contributed by atoms with E-state index in [1.54, 1.807) is 14.1 Å². The van der Waals surface area contributed by atoms with Crippen LogP contribution in [0.25, 0.3) is 0 Å². The number of carbonyl (C=O) groups excluding carboxylic acids is 2. The van der Waals surface area contributed by atoms with Gasteiger partial charge in [-0.3, -0.25) is 9.59 Å². The molecule has 0 heterocycles. The van der Waals surface area contributed by atoms with Crippen LogP contribution in [0.4, 0.5) is 0 Å². The molecule has 0 aliphatic carbocycles. The molecule has 0 spiro atoms. The molecule has 0 aliphatic rings. The van der Waals surface area contributed by atoms with E-state index in [9.17, 15) is 14.4 Å². The van der Waals surface area contributed by atoms with Crippen LogP contribution in [-0.4, -0.2) is 42.4 Å². The smallest absolute Gasteiger partial charge is 0.336 e. The van der Waals surface area contributed by atoms with Gasteiger partial charge in [0.1, 0.15) is 0 Å². The molecule has 20 heavy (non-hydrogen) atoms. The standard InChI is InChI=1S/C8H4I3NO3.C3H7NO/c9-4-2(7(12)13)1-3(8(14)15)5(10)6(4)11;1-4(2)3-5/h1H,(H2,12,13)(H,14,15);3H,1-2H3. The van der Waals surface area contributed by atoms with Crippen LogP contribution in [0.2, 0.25) is 0 Å². The van der Waals surface area contributed by atoms with E-state index in [4.69, 9.17) is 10.8 Å². The molecular formula is C11H11I3N2O4. The highest BCUT2D eigenvalue weighted by Crippen LogP contribution is 2.27. The lowest BCUT2D eigenvalue weighted by molar-refractivity contribution is -0.115. The molecule has 0 fully saturated rings. The predicted octanol–water partition coefficient (Wildman–Crippen LogP) is 2.00. The summed E-state index contributed by atoms with van der Waals surface area (Å²) in [6, 6.07) is 1.32. The van der Waals surface area contributed by atoms with Crippen molar-refractivity contribution in [3.05, 3.63) is 27.9 Å². The van der Waals surface area contributed by atoms with Gasteiger partial charge in [0.25, 0.3) is 0 Å². The monoisotopic (exact) mass is 616 g/mol. The Morgan fingerprint density at radius 1 is 1.15 bits per heavy atom. The number of carboxylic acids is 1. The van der Waals surface area contributed by atoms with E-state index in [1.807, 2.05) is 67.8 Å². The van der Waals surface area contributed by atoms with Gasteiger partial charge in [0.2, 0.25) is 12.3 Å². The second kappa shape index (κ2) is 8.96. The number of rotatable bonds is 3. The number of aromatic carboxylic acids is 1. The molecule has 1 aromatic rings. The maximum absolute atomic E-state index is 11.1. The van der Waals surface area contributed by atoms with Gasteiger partial charge in [-0.05, 0) is 73.8 Å². The van der Waals surface area contributed by atoms with Gasteiger partial charge in [-0.1, -0.05) is 0 Å². The van der Waals surface area contributed by atoms with Crippen molar-refractivity contribution in [1.29, 1.82) is 0 Å². The average Bonchev–Trinajstić information content (AvgIpc) is 2.36. The molecule has 0 bridgehead atoms. The number of halogens is 3. The maximum Gasteiger partial charge on any atom is 0.336 e. The third kappa shape index (κ3) is 5.67. The SMILES string of the molecule is CN(C)C=O.NC(=O)c1cc(C(=O)O)c(I)c(I)c1I. The minimum Gasteiger partial charge on any atom is -0.478 e. The first-order valence-electron chi connectivity index (χ1n) is 4.95. The Labute approximate surface area is 156 Å². The zero-order chi connectivity index (χ0) is 16.0. The molecule has 0 aliphatic heterocycles. The number of carboxylic acid groups (broad SMARTS) is 1. The van der Waals surface area contributed by atoms with E-state index in [1.165, 1.54) is 11.0 Å². The molecule has 0 saturated carbocycles. The molecule has 0 radical (unpaired) electrons. The summed E-state index contributed by atoms with van der Waals surface area (Å²) in [6.45, 7) is 0. The Morgan fingerprint density at radius 2 is 1.55 bits per heavy atom. The number of benzene rings is 1. The van der Waals surface area contributed by atoms with E-state index in [-0.39, 0.29) is 11.1 Å². The van der Waals surface area contributed by atoms with Crippen LogP contribution < -0.4 is 5.73 Å². The van der Waals surface area contributed by atoms with Crippen LogP contribution in [0.15, 0.2) is 6.07 Å². The zero-order valence-electron chi connectivity index (χ0n) is 10.5. The number of nitrogens with two attached hydrogens (primary N) is 1. The first kappa shape index (κ1) is 19.8. The van der Waals surface area contributed by atoms with Crippen molar-refractivity contribution in [3.8, 4) is 0 Å². The molecule has 1 aromatic carbocycles. The summed E-state index contributed by atoms with van der Waals surface area (Å²) >= 11 is 5.92. The highest BCUT2D eigenvalue weighted by molar-refractivity contribution is 14.1. The summed E-state index contributed by atoms with van der Waals surface area (Å²) in [4.78, 5) is 32.9. The topological polar surface area (TPSA) is 101 Å². The summed E-state index contributed by atoms with van der Waals surface area (Å²) in [6.07, 6.45) is 0.750. The third-order valence-electron chi connectivity index (χ3n) is 1.85. The first-order chi connectivity index (χ1) is 9.13.